The minimum Gasteiger partial charge on any atom is -0.431 e. The van der Waals surface area contributed by atoms with Crippen molar-refractivity contribution in [1.82, 2.24) is 9.97 Å². The van der Waals surface area contributed by atoms with Gasteiger partial charge in [0.05, 0.1) is 4.92 Å². The molecule has 19 heavy (non-hydrogen) atoms. The van der Waals surface area contributed by atoms with Gasteiger partial charge in [0.25, 0.3) is 0 Å². The normalized spacial score (nSPS) is 10.3. The van der Waals surface area contributed by atoms with E-state index in [2.05, 4.69) is 9.97 Å². The average Bonchev–Trinajstić information content (AvgIpc) is 2.35. The number of nitro benzene ring substituents is 1. The zero-order chi connectivity index (χ0) is 14.0. The molecular formula is C12H10ClN3O3. The van der Waals surface area contributed by atoms with Crippen LogP contribution in [-0.4, -0.2) is 14.9 Å². The lowest BCUT2D eigenvalue weighted by Gasteiger charge is -2.08. The van der Waals surface area contributed by atoms with Crippen LogP contribution in [0.15, 0.2) is 24.5 Å². The molecular weight excluding hydrogens is 270 g/mol. The van der Waals surface area contributed by atoms with Crippen molar-refractivity contribution in [2.45, 2.75) is 13.8 Å². The maximum absolute atomic E-state index is 10.9. The zero-order valence-electron chi connectivity index (χ0n) is 10.3. The molecule has 0 aliphatic heterocycles. The van der Waals surface area contributed by atoms with Gasteiger partial charge < -0.3 is 4.74 Å². The highest BCUT2D eigenvalue weighted by Gasteiger charge is 2.17. The molecule has 0 radical (unpaired) electrons. The van der Waals surface area contributed by atoms with Crippen LogP contribution in [0.5, 0.6) is 11.6 Å². The second-order valence-electron chi connectivity index (χ2n) is 3.92. The Kier molecular flexibility index (Phi) is 3.62. The van der Waals surface area contributed by atoms with Gasteiger partial charge in [-0.15, -0.1) is 0 Å². The molecule has 0 unspecified atom stereocenters. The van der Waals surface area contributed by atoms with Gasteiger partial charge in [0.1, 0.15) is 11.5 Å². The molecule has 7 heteroatoms. The van der Waals surface area contributed by atoms with Crippen LogP contribution in [0.1, 0.15) is 11.1 Å². The summed E-state index contributed by atoms with van der Waals surface area (Å²) in [5, 5.41) is 11.2. The Morgan fingerprint density at radius 2 is 2.05 bits per heavy atom. The van der Waals surface area contributed by atoms with Crippen LogP contribution >= 0.6 is 11.6 Å². The molecule has 0 fully saturated rings. The fourth-order valence-electron chi connectivity index (χ4n) is 1.47. The van der Waals surface area contributed by atoms with E-state index < -0.39 is 4.92 Å². The topological polar surface area (TPSA) is 78.2 Å². The van der Waals surface area contributed by atoms with Crippen LogP contribution in [0.2, 0.25) is 5.15 Å². The van der Waals surface area contributed by atoms with Crippen molar-refractivity contribution in [1.29, 1.82) is 0 Å². The maximum atomic E-state index is 10.9. The number of nitro groups is 1. The Morgan fingerprint density at radius 1 is 1.32 bits per heavy atom. The SMILES string of the molecule is Cc1ccc([N+](=O)[O-])c(Oc2ncnc(Cl)c2C)c1. The minimum atomic E-state index is -0.507. The second kappa shape index (κ2) is 5.19. The Labute approximate surface area is 114 Å². The first-order valence-corrected chi connectivity index (χ1v) is 5.77. The summed E-state index contributed by atoms with van der Waals surface area (Å²) in [6.07, 6.45) is 1.24. The molecule has 1 aromatic carbocycles. The van der Waals surface area contributed by atoms with Crippen molar-refractivity contribution in [2.24, 2.45) is 0 Å². The minimum absolute atomic E-state index is 0.125. The van der Waals surface area contributed by atoms with Gasteiger partial charge in [0.2, 0.25) is 11.6 Å². The largest absolute Gasteiger partial charge is 0.431 e. The smallest absolute Gasteiger partial charge is 0.311 e. The summed E-state index contributed by atoms with van der Waals surface area (Å²) >= 11 is 5.85. The third-order valence-corrected chi connectivity index (χ3v) is 2.88. The van der Waals surface area contributed by atoms with Crippen LogP contribution in [0.25, 0.3) is 0 Å². The summed E-state index contributed by atoms with van der Waals surface area (Å²) in [5.74, 6) is 0.330. The van der Waals surface area contributed by atoms with E-state index in [0.29, 0.717) is 5.56 Å². The summed E-state index contributed by atoms with van der Waals surface area (Å²) in [4.78, 5) is 18.2. The lowest BCUT2D eigenvalue weighted by molar-refractivity contribution is -0.385. The van der Waals surface area contributed by atoms with Gasteiger partial charge in [0, 0.05) is 11.6 Å². The standard InChI is InChI=1S/C12H10ClN3O3/c1-7-3-4-9(16(17)18)10(5-7)19-12-8(2)11(13)14-6-15-12/h3-6H,1-2H3. The van der Waals surface area contributed by atoms with Crippen LogP contribution in [-0.2, 0) is 0 Å². The summed E-state index contributed by atoms with van der Waals surface area (Å²) in [5.41, 5.74) is 1.25. The molecule has 98 valence electrons. The molecule has 0 spiro atoms. The van der Waals surface area contributed by atoms with Crippen molar-refractivity contribution in [3.05, 3.63) is 50.9 Å². The predicted molar refractivity (Wildman–Crippen MR) is 69.7 cm³/mol. The molecule has 0 amide bonds. The van der Waals surface area contributed by atoms with Gasteiger partial charge in [-0.25, -0.2) is 9.97 Å². The third kappa shape index (κ3) is 2.79. The second-order valence-corrected chi connectivity index (χ2v) is 4.28. The molecule has 6 nitrogen and oxygen atoms in total. The molecule has 2 rings (SSSR count). The van der Waals surface area contributed by atoms with Crippen LogP contribution < -0.4 is 4.74 Å². The van der Waals surface area contributed by atoms with E-state index in [1.54, 1.807) is 19.1 Å². The van der Waals surface area contributed by atoms with Crippen molar-refractivity contribution in [3.63, 3.8) is 0 Å². The highest BCUT2D eigenvalue weighted by Crippen LogP contribution is 2.33. The summed E-state index contributed by atoms with van der Waals surface area (Å²) in [7, 11) is 0. The predicted octanol–water partition coefficient (Wildman–Crippen LogP) is 3.45. The number of nitrogens with zero attached hydrogens (tertiary/aromatic N) is 3. The van der Waals surface area contributed by atoms with Gasteiger partial charge in [-0.2, -0.15) is 0 Å². The Bertz CT molecular complexity index is 646. The van der Waals surface area contributed by atoms with Crippen LogP contribution in [0.3, 0.4) is 0 Å². The number of halogens is 1. The Morgan fingerprint density at radius 3 is 2.74 bits per heavy atom. The molecule has 0 aliphatic rings. The van der Waals surface area contributed by atoms with Gasteiger partial charge in [-0.3, -0.25) is 10.1 Å². The number of aryl methyl sites for hydroxylation is 1. The molecule has 1 heterocycles. The number of ether oxygens (including phenoxy) is 1. The lowest BCUT2D eigenvalue weighted by atomic mass is 10.2. The Hall–Kier alpha value is -2.21. The quantitative estimate of drug-likeness (QED) is 0.488. The maximum Gasteiger partial charge on any atom is 0.311 e. The fraction of sp³-hybridized carbons (Fsp3) is 0.167. The summed E-state index contributed by atoms with van der Waals surface area (Å²) in [6.45, 7) is 3.50. The number of hydrogen-bond acceptors (Lipinski definition) is 5. The van der Waals surface area contributed by atoms with Crippen LogP contribution in [0.4, 0.5) is 5.69 Å². The summed E-state index contributed by atoms with van der Waals surface area (Å²) < 4.78 is 5.49. The molecule has 0 saturated carbocycles. The molecule has 1 aromatic heterocycles. The first-order chi connectivity index (χ1) is 8.99. The lowest BCUT2D eigenvalue weighted by Crippen LogP contribution is -1.97. The number of aromatic nitrogens is 2. The van der Waals surface area contributed by atoms with E-state index >= 15 is 0 Å². The molecule has 0 saturated heterocycles. The van der Waals surface area contributed by atoms with Crippen molar-refractivity contribution in [3.8, 4) is 11.6 Å². The highest BCUT2D eigenvalue weighted by molar-refractivity contribution is 6.30. The van der Waals surface area contributed by atoms with E-state index in [-0.39, 0.29) is 22.5 Å². The number of hydrogen-bond donors (Lipinski definition) is 0. The highest BCUT2D eigenvalue weighted by atomic mass is 35.5. The van der Waals surface area contributed by atoms with E-state index in [9.17, 15) is 10.1 Å². The third-order valence-electron chi connectivity index (χ3n) is 2.49. The van der Waals surface area contributed by atoms with Crippen molar-refractivity contribution in [2.75, 3.05) is 0 Å². The van der Waals surface area contributed by atoms with Gasteiger partial charge in [-0.1, -0.05) is 17.7 Å². The molecule has 2 aromatic rings. The van der Waals surface area contributed by atoms with E-state index in [4.69, 9.17) is 16.3 Å². The van der Waals surface area contributed by atoms with Crippen molar-refractivity contribution < 1.29 is 9.66 Å². The number of benzene rings is 1. The Balaban J connectivity index is 2.45. The first kappa shape index (κ1) is 13.2. The molecule has 0 bridgehead atoms. The van der Waals surface area contributed by atoms with Crippen LogP contribution in [0, 0.1) is 24.0 Å². The van der Waals surface area contributed by atoms with E-state index in [0.717, 1.165) is 5.56 Å². The van der Waals surface area contributed by atoms with Gasteiger partial charge in [-0.05, 0) is 25.5 Å². The average molecular weight is 280 g/mol. The van der Waals surface area contributed by atoms with E-state index in [1.165, 1.54) is 12.4 Å². The molecule has 0 aliphatic carbocycles. The molecule has 0 atom stereocenters. The number of rotatable bonds is 3. The van der Waals surface area contributed by atoms with E-state index in [1.807, 2.05) is 6.92 Å². The summed E-state index contributed by atoms with van der Waals surface area (Å²) in [6, 6.07) is 4.61. The van der Waals surface area contributed by atoms with Crippen molar-refractivity contribution >= 4 is 17.3 Å². The monoisotopic (exact) mass is 279 g/mol. The van der Waals surface area contributed by atoms with Gasteiger partial charge in [0.15, 0.2) is 0 Å². The molecule has 0 N–H and O–H groups in total. The first-order valence-electron chi connectivity index (χ1n) is 5.39. The zero-order valence-corrected chi connectivity index (χ0v) is 11.0. The fourth-order valence-corrected chi connectivity index (χ4v) is 1.60. The van der Waals surface area contributed by atoms with Gasteiger partial charge >= 0.3 is 5.69 Å².